The highest BCUT2D eigenvalue weighted by atomic mass is 32.2. The highest BCUT2D eigenvalue weighted by Crippen LogP contribution is 2.28. The first-order valence-corrected chi connectivity index (χ1v) is 10.6. The number of carbonyl (C=O) groups is 1. The molecular formula is C21H29N3O3S. The SMILES string of the molecule is CC[C@@H](C)n1c(SCC(=O)Nc2ccc(C)cc2)nc(O)c([C@@H](C)CC)c1=O. The average Bonchev–Trinajstić information content (AvgIpc) is 2.67. The van der Waals surface area contributed by atoms with Crippen molar-refractivity contribution >= 4 is 23.4 Å². The summed E-state index contributed by atoms with van der Waals surface area (Å²) in [5, 5.41) is 13.5. The fourth-order valence-electron chi connectivity index (χ4n) is 2.79. The quantitative estimate of drug-likeness (QED) is 0.502. The summed E-state index contributed by atoms with van der Waals surface area (Å²) < 4.78 is 1.60. The Balaban J connectivity index is 2.25. The van der Waals surface area contributed by atoms with Gasteiger partial charge in [-0.3, -0.25) is 14.2 Å². The van der Waals surface area contributed by atoms with Crippen LogP contribution in [0.1, 0.15) is 63.6 Å². The zero-order chi connectivity index (χ0) is 20.8. The van der Waals surface area contributed by atoms with Crippen LogP contribution in [0.2, 0.25) is 0 Å². The van der Waals surface area contributed by atoms with E-state index in [1.54, 1.807) is 4.57 Å². The van der Waals surface area contributed by atoms with Gasteiger partial charge in [-0.1, -0.05) is 50.2 Å². The Morgan fingerprint density at radius 1 is 1.21 bits per heavy atom. The number of hydrogen-bond acceptors (Lipinski definition) is 5. The summed E-state index contributed by atoms with van der Waals surface area (Å²) in [6.07, 6.45) is 1.48. The Labute approximate surface area is 170 Å². The van der Waals surface area contributed by atoms with Gasteiger partial charge < -0.3 is 10.4 Å². The van der Waals surface area contributed by atoms with Crippen LogP contribution in [0.5, 0.6) is 5.88 Å². The van der Waals surface area contributed by atoms with Crippen LogP contribution >= 0.6 is 11.8 Å². The van der Waals surface area contributed by atoms with Crippen LogP contribution in [0.3, 0.4) is 0 Å². The molecule has 28 heavy (non-hydrogen) atoms. The van der Waals surface area contributed by atoms with Crippen LogP contribution in [0.25, 0.3) is 0 Å². The number of aryl methyl sites for hydroxylation is 1. The van der Waals surface area contributed by atoms with Crippen LogP contribution in [0.15, 0.2) is 34.2 Å². The molecule has 0 unspecified atom stereocenters. The van der Waals surface area contributed by atoms with Crippen molar-refractivity contribution in [3.8, 4) is 5.88 Å². The molecule has 0 fully saturated rings. The number of hydrogen-bond donors (Lipinski definition) is 2. The molecule has 2 N–H and O–H groups in total. The minimum absolute atomic E-state index is 0.0777. The van der Waals surface area contributed by atoms with E-state index in [0.29, 0.717) is 10.7 Å². The number of aromatic nitrogens is 2. The second-order valence-corrected chi connectivity index (χ2v) is 8.02. The van der Waals surface area contributed by atoms with Gasteiger partial charge in [0.2, 0.25) is 11.8 Å². The number of carbonyl (C=O) groups excluding carboxylic acids is 1. The molecule has 1 aromatic heterocycles. The van der Waals surface area contributed by atoms with E-state index in [-0.39, 0.29) is 35.1 Å². The molecule has 7 heteroatoms. The van der Waals surface area contributed by atoms with Crippen LogP contribution in [-0.2, 0) is 4.79 Å². The van der Waals surface area contributed by atoms with Crippen molar-refractivity contribution in [2.45, 2.75) is 64.6 Å². The van der Waals surface area contributed by atoms with E-state index in [9.17, 15) is 14.7 Å². The highest BCUT2D eigenvalue weighted by Gasteiger charge is 2.23. The van der Waals surface area contributed by atoms with Gasteiger partial charge >= 0.3 is 0 Å². The fraction of sp³-hybridized carbons (Fsp3) is 0.476. The zero-order valence-electron chi connectivity index (χ0n) is 17.2. The van der Waals surface area contributed by atoms with Crippen LogP contribution in [-0.4, -0.2) is 26.3 Å². The lowest BCUT2D eigenvalue weighted by Gasteiger charge is -2.20. The van der Waals surface area contributed by atoms with E-state index in [0.717, 1.165) is 35.9 Å². The number of thioether (sulfide) groups is 1. The van der Waals surface area contributed by atoms with Crippen LogP contribution < -0.4 is 10.9 Å². The van der Waals surface area contributed by atoms with E-state index in [1.165, 1.54) is 0 Å². The smallest absolute Gasteiger partial charge is 0.261 e. The number of rotatable bonds is 8. The van der Waals surface area contributed by atoms with Crippen LogP contribution in [0.4, 0.5) is 5.69 Å². The first-order valence-electron chi connectivity index (χ1n) is 9.63. The number of benzene rings is 1. The van der Waals surface area contributed by atoms with E-state index in [2.05, 4.69) is 10.3 Å². The maximum Gasteiger partial charge on any atom is 0.261 e. The molecule has 0 radical (unpaired) electrons. The van der Waals surface area contributed by atoms with Gasteiger partial charge in [-0.2, -0.15) is 4.98 Å². The van der Waals surface area contributed by atoms with E-state index >= 15 is 0 Å². The van der Waals surface area contributed by atoms with Crippen molar-refractivity contribution in [2.24, 2.45) is 0 Å². The number of anilines is 1. The second kappa shape index (κ2) is 9.78. The monoisotopic (exact) mass is 403 g/mol. The molecule has 152 valence electrons. The predicted octanol–water partition coefficient (Wildman–Crippen LogP) is 4.47. The highest BCUT2D eigenvalue weighted by molar-refractivity contribution is 7.99. The Morgan fingerprint density at radius 3 is 2.43 bits per heavy atom. The average molecular weight is 404 g/mol. The third kappa shape index (κ3) is 5.16. The molecule has 1 aromatic carbocycles. The number of nitrogens with zero attached hydrogens (tertiary/aromatic N) is 2. The number of aromatic hydroxyl groups is 1. The molecular weight excluding hydrogens is 374 g/mol. The van der Waals surface area contributed by atoms with Crippen molar-refractivity contribution in [2.75, 3.05) is 11.1 Å². The molecule has 0 spiro atoms. The first-order chi connectivity index (χ1) is 13.3. The molecule has 1 amide bonds. The Kier molecular flexibility index (Phi) is 7.69. The van der Waals surface area contributed by atoms with E-state index in [4.69, 9.17) is 0 Å². The summed E-state index contributed by atoms with van der Waals surface area (Å²) >= 11 is 1.16. The summed E-state index contributed by atoms with van der Waals surface area (Å²) in [5.74, 6) is -0.414. The maximum absolute atomic E-state index is 13.0. The molecule has 2 aromatic rings. The van der Waals surface area contributed by atoms with E-state index in [1.807, 2.05) is 58.9 Å². The molecule has 6 nitrogen and oxygen atoms in total. The Hall–Kier alpha value is -2.28. The van der Waals surface area contributed by atoms with Crippen molar-refractivity contribution in [1.29, 1.82) is 0 Å². The normalized spacial score (nSPS) is 13.2. The second-order valence-electron chi connectivity index (χ2n) is 7.08. The van der Waals surface area contributed by atoms with Crippen molar-refractivity contribution in [3.05, 3.63) is 45.7 Å². The Bertz CT molecular complexity index is 878. The van der Waals surface area contributed by atoms with Gasteiger partial charge in [-0.05, 0) is 44.7 Å². The lowest BCUT2D eigenvalue weighted by molar-refractivity contribution is -0.113. The largest absolute Gasteiger partial charge is 0.493 e. The molecule has 0 saturated heterocycles. The van der Waals surface area contributed by atoms with Gasteiger partial charge in [0.05, 0.1) is 11.3 Å². The molecule has 0 aliphatic heterocycles. The topological polar surface area (TPSA) is 84.2 Å². The number of amides is 1. The molecule has 0 saturated carbocycles. The summed E-state index contributed by atoms with van der Waals surface area (Å²) in [6.45, 7) is 9.79. The molecule has 0 bridgehead atoms. The van der Waals surface area contributed by atoms with Gasteiger partial charge in [0.25, 0.3) is 5.56 Å². The van der Waals surface area contributed by atoms with E-state index < -0.39 is 0 Å². The van der Waals surface area contributed by atoms with Crippen molar-refractivity contribution in [3.63, 3.8) is 0 Å². The van der Waals surface area contributed by atoms with Crippen molar-refractivity contribution < 1.29 is 9.90 Å². The lowest BCUT2D eigenvalue weighted by Crippen LogP contribution is -2.30. The first kappa shape index (κ1) is 22.0. The third-order valence-electron chi connectivity index (χ3n) is 4.90. The number of nitrogens with one attached hydrogen (secondary N) is 1. The fourth-order valence-corrected chi connectivity index (χ4v) is 3.67. The van der Waals surface area contributed by atoms with Crippen molar-refractivity contribution in [1.82, 2.24) is 9.55 Å². The standard InChI is InChI=1S/C21H29N3O3S/c1-6-14(4)18-19(26)23-21(24(20(18)27)15(5)7-2)28-12-17(25)22-16-10-8-13(3)9-11-16/h8-11,14-15,26H,6-7,12H2,1-5H3,(H,22,25)/t14-,15+/m0/s1. The summed E-state index contributed by atoms with van der Waals surface area (Å²) in [5.41, 5.74) is 1.96. The van der Waals surface area contributed by atoms with Gasteiger partial charge in [-0.25, -0.2) is 0 Å². The predicted molar refractivity (Wildman–Crippen MR) is 114 cm³/mol. The summed E-state index contributed by atoms with van der Waals surface area (Å²) in [6, 6.07) is 7.47. The van der Waals surface area contributed by atoms with Gasteiger partial charge in [-0.15, -0.1) is 0 Å². The van der Waals surface area contributed by atoms with Gasteiger partial charge in [0.15, 0.2) is 5.16 Å². The molecule has 0 aliphatic carbocycles. The molecule has 2 atom stereocenters. The molecule has 1 heterocycles. The lowest BCUT2D eigenvalue weighted by atomic mass is 10.0. The maximum atomic E-state index is 13.0. The van der Waals surface area contributed by atoms with Gasteiger partial charge in [0.1, 0.15) is 0 Å². The van der Waals surface area contributed by atoms with Crippen LogP contribution in [0, 0.1) is 6.92 Å². The summed E-state index contributed by atoms with van der Waals surface area (Å²) in [7, 11) is 0. The molecule has 0 aliphatic rings. The molecule has 2 rings (SSSR count). The summed E-state index contributed by atoms with van der Waals surface area (Å²) in [4.78, 5) is 29.6. The minimum Gasteiger partial charge on any atom is -0.493 e. The Morgan fingerprint density at radius 2 is 1.86 bits per heavy atom. The minimum atomic E-state index is -0.236. The van der Waals surface area contributed by atoms with Gasteiger partial charge in [0, 0.05) is 11.7 Å². The third-order valence-corrected chi connectivity index (χ3v) is 5.85. The zero-order valence-corrected chi connectivity index (χ0v) is 18.0.